The van der Waals surface area contributed by atoms with Crippen molar-refractivity contribution < 1.29 is 9.63 Å². The molecule has 0 radical (unpaired) electrons. The number of β-amino-alcohol motifs (C(OH)–C–C–N with tert-alkyl or cyclic N) is 1. The van der Waals surface area contributed by atoms with Crippen LogP contribution in [-0.2, 0) is 6.54 Å². The van der Waals surface area contributed by atoms with Gasteiger partial charge in [0, 0.05) is 18.7 Å². The van der Waals surface area contributed by atoms with Gasteiger partial charge in [0.15, 0.2) is 5.82 Å². The first kappa shape index (κ1) is 11.4. The maximum Gasteiger partial charge on any atom is 0.257 e. The number of hydrogen-bond acceptors (Lipinski definition) is 5. The van der Waals surface area contributed by atoms with Crippen molar-refractivity contribution >= 4 is 0 Å². The minimum absolute atomic E-state index is 0.201. The van der Waals surface area contributed by atoms with Gasteiger partial charge in [0.05, 0.1) is 12.6 Å². The standard InChI is InChI=1S/C13H15N3O2/c1-9-3-2-4-10(5-9)13-14-12(15-18-13)8-16-6-11(17)7-16/h2-5,11,17H,6-8H2,1H3. The third kappa shape index (κ3) is 2.27. The summed E-state index contributed by atoms with van der Waals surface area (Å²) in [7, 11) is 0. The minimum Gasteiger partial charge on any atom is -0.390 e. The molecule has 2 heterocycles. The summed E-state index contributed by atoms with van der Waals surface area (Å²) in [6.45, 7) is 4.04. The Morgan fingerprint density at radius 3 is 3.00 bits per heavy atom. The van der Waals surface area contributed by atoms with Gasteiger partial charge in [-0.05, 0) is 19.1 Å². The molecule has 5 heteroatoms. The lowest BCUT2D eigenvalue weighted by Gasteiger charge is -2.34. The highest BCUT2D eigenvalue weighted by molar-refractivity contribution is 5.53. The highest BCUT2D eigenvalue weighted by atomic mass is 16.5. The smallest absolute Gasteiger partial charge is 0.257 e. The van der Waals surface area contributed by atoms with Crippen molar-refractivity contribution in [1.29, 1.82) is 0 Å². The molecule has 0 spiro atoms. The van der Waals surface area contributed by atoms with Crippen molar-refractivity contribution in [2.75, 3.05) is 13.1 Å². The van der Waals surface area contributed by atoms with E-state index in [9.17, 15) is 5.11 Å². The third-order valence-corrected chi connectivity index (χ3v) is 3.04. The third-order valence-electron chi connectivity index (χ3n) is 3.04. The summed E-state index contributed by atoms with van der Waals surface area (Å²) in [4.78, 5) is 6.45. The lowest BCUT2D eigenvalue weighted by molar-refractivity contribution is -0.00461. The van der Waals surface area contributed by atoms with Gasteiger partial charge in [-0.25, -0.2) is 0 Å². The Morgan fingerprint density at radius 2 is 2.28 bits per heavy atom. The van der Waals surface area contributed by atoms with Crippen molar-refractivity contribution in [3.63, 3.8) is 0 Å². The lowest BCUT2D eigenvalue weighted by Crippen LogP contribution is -2.49. The molecule has 0 saturated carbocycles. The molecule has 1 aromatic carbocycles. The van der Waals surface area contributed by atoms with Crippen LogP contribution in [0.25, 0.3) is 11.5 Å². The number of likely N-dealkylation sites (tertiary alicyclic amines) is 1. The largest absolute Gasteiger partial charge is 0.390 e. The van der Waals surface area contributed by atoms with E-state index >= 15 is 0 Å². The minimum atomic E-state index is -0.201. The number of aromatic nitrogens is 2. The van der Waals surface area contributed by atoms with Gasteiger partial charge in [-0.3, -0.25) is 4.90 Å². The monoisotopic (exact) mass is 245 g/mol. The number of aryl methyl sites for hydroxylation is 1. The average molecular weight is 245 g/mol. The molecule has 18 heavy (non-hydrogen) atoms. The van der Waals surface area contributed by atoms with Gasteiger partial charge >= 0.3 is 0 Å². The van der Waals surface area contributed by atoms with Crippen LogP contribution < -0.4 is 0 Å². The first-order valence-electron chi connectivity index (χ1n) is 6.01. The molecule has 1 saturated heterocycles. The predicted molar refractivity (Wildman–Crippen MR) is 65.8 cm³/mol. The fourth-order valence-corrected chi connectivity index (χ4v) is 2.09. The van der Waals surface area contributed by atoms with Crippen LogP contribution >= 0.6 is 0 Å². The Hall–Kier alpha value is -1.72. The van der Waals surface area contributed by atoms with Crippen LogP contribution in [0.1, 0.15) is 11.4 Å². The fraction of sp³-hybridized carbons (Fsp3) is 0.385. The Labute approximate surface area is 105 Å². The van der Waals surface area contributed by atoms with Crippen LogP contribution in [0.3, 0.4) is 0 Å². The second kappa shape index (κ2) is 4.51. The quantitative estimate of drug-likeness (QED) is 0.881. The summed E-state index contributed by atoms with van der Waals surface area (Å²) in [6.07, 6.45) is -0.201. The molecule has 0 amide bonds. The predicted octanol–water partition coefficient (Wildman–Crippen LogP) is 1.22. The van der Waals surface area contributed by atoms with Crippen molar-refractivity contribution in [3.05, 3.63) is 35.7 Å². The molecular weight excluding hydrogens is 230 g/mol. The zero-order valence-corrected chi connectivity index (χ0v) is 10.2. The molecule has 0 atom stereocenters. The number of benzene rings is 1. The zero-order valence-electron chi connectivity index (χ0n) is 10.2. The Balaban J connectivity index is 1.73. The van der Waals surface area contributed by atoms with Crippen LogP contribution in [0.15, 0.2) is 28.8 Å². The van der Waals surface area contributed by atoms with E-state index < -0.39 is 0 Å². The van der Waals surface area contributed by atoms with E-state index in [1.165, 1.54) is 0 Å². The van der Waals surface area contributed by atoms with Crippen molar-refractivity contribution in [2.45, 2.75) is 19.6 Å². The molecule has 2 aromatic rings. The van der Waals surface area contributed by atoms with E-state index in [4.69, 9.17) is 4.52 Å². The normalized spacial score (nSPS) is 16.8. The molecule has 1 aromatic heterocycles. The van der Waals surface area contributed by atoms with E-state index in [0.717, 1.165) is 11.1 Å². The molecule has 1 aliphatic rings. The first-order valence-corrected chi connectivity index (χ1v) is 6.01. The molecule has 1 N–H and O–H groups in total. The molecule has 0 bridgehead atoms. The first-order chi connectivity index (χ1) is 8.70. The molecule has 1 aliphatic heterocycles. The highest BCUT2D eigenvalue weighted by Crippen LogP contribution is 2.19. The molecule has 5 nitrogen and oxygen atoms in total. The Bertz CT molecular complexity index is 547. The van der Waals surface area contributed by atoms with E-state index in [1.807, 2.05) is 31.2 Å². The second-order valence-electron chi connectivity index (χ2n) is 4.73. The molecule has 0 unspecified atom stereocenters. The van der Waals surface area contributed by atoms with Gasteiger partial charge in [-0.15, -0.1) is 0 Å². The Kier molecular flexibility index (Phi) is 2.85. The number of aliphatic hydroxyl groups is 1. The van der Waals surface area contributed by atoms with E-state index in [-0.39, 0.29) is 6.10 Å². The number of nitrogens with zero attached hydrogens (tertiary/aromatic N) is 3. The van der Waals surface area contributed by atoms with Crippen molar-refractivity contribution in [2.24, 2.45) is 0 Å². The summed E-state index contributed by atoms with van der Waals surface area (Å²) in [5.74, 6) is 1.22. The average Bonchev–Trinajstić information content (AvgIpc) is 2.76. The highest BCUT2D eigenvalue weighted by Gasteiger charge is 2.25. The number of aliphatic hydroxyl groups excluding tert-OH is 1. The van der Waals surface area contributed by atoms with Crippen LogP contribution in [0.4, 0.5) is 0 Å². The van der Waals surface area contributed by atoms with Gasteiger partial charge in [0.2, 0.25) is 0 Å². The van der Waals surface area contributed by atoms with Crippen molar-refractivity contribution in [3.8, 4) is 11.5 Å². The number of hydrogen-bond donors (Lipinski definition) is 1. The van der Waals surface area contributed by atoms with Crippen LogP contribution in [-0.4, -0.2) is 39.3 Å². The van der Waals surface area contributed by atoms with E-state index in [2.05, 4.69) is 15.0 Å². The summed E-state index contributed by atoms with van der Waals surface area (Å²) in [5, 5.41) is 13.2. The van der Waals surface area contributed by atoms with Gasteiger partial charge in [0.1, 0.15) is 0 Å². The van der Waals surface area contributed by atoms with Gasteiger partial charge in [-0.2, -0.15) is 4.98 Å². The summed E-state index contributed by atoms with van der Waals surface area (Å²) in [5.41, 5.74) is 2.11. The molecular formula is C13H15N3O2. The van der Waals surface area contributed by atoms with E-state index in [1.54, 1.807) is 0 Å². The molecule has 1 fully saturated rings. The van der Waals surface area contributed by atoms with Gasteiger partial charge < -0.3 is 9.63 Å². The molecule has 0 aliphatic carbocycles. The van der Waals surface area contributed by atoms with Crippen molar-refractivity contribution in [1.82, 2.24) is 15.0 Å². The topological polar surface area (TPSA) is 62.4 Å². The van der Waals surface area contributed by atoms with E-state index in [0.29, 0.717) is 31.3 Å². The van der Waals surface area contributed by atoms with Crippen LogP contribution in [0.5, 0.6) is 0 Å². The van der Waals surface area contributed by atoms with Crippen LogP contribution in [0.2, 0.25) is 0 Å². The summed E-state index contributed by atoms with van der Waals surface area (Å²) in [6, 6.07) is 7.98. The Morgan fingerprint density at radius 1 is 1.44 bits per heavy atom. The number of rotatable bonds is 3. The second-order valence-corrected chi connectivity index (χ2v) is 4.73. The van der Waals surface area contributed by atoms with Gasteiger partial charge in [0.25, 0.3) is 5.89 Å². The zero-order chi connectivity index (χ0) is 12.5. The SMILES string of the molecule is Cc1cccc(-c2nc(CN3CC(O)C3)no2)c1. The lowest BCUT2D eigenvalue weighted by atomic mass is 10.1. The summed E-state index contributed by atoms with van der Waals surface area (Å²) < 4.78 is 5.25. The maximum absolute atomic E-state index is 9.20. The fourth-order valence-electron chi connectivity index (χ4n) is 2.09. The van der Waals surface area contributed by atoms with Gasteiger partial charge in [-0.1, -0.05) is 22.9 Å². The summed E-state index contributed by atoms with van der Waals surface area (Å²) >= 11 is 0. The molecule has 94 valence electrons. The molecule has 3 rings (SSSR count). The maximum atomic E-state index is 9.20. The van der Waals surface area contributed by atoms with Crippen LogP contribution in [0, 0.1) is 6.92 Å².